The fraction of sp³-hybridized carbons (Fsp3) is 0.364. The fourth-order valence-corrected chi connectivity index (χ4v) is 3.78. The summed E-state index contributed by atoms with van der Waals surface area (Å²) in [6.45, 7) is 1.22. The molecule has 0 aromatic heterocycles. The molecule has 0 spiro atoms. The van der Waals surface area contributed by atoms with E-state index in [4.69, 9.17) is 5.73 Å². The van der Waals surface area contributed by atoms with Crippen LogP contribution in [0.25, 0.3) is 0 Å². The van der Waals surface area contributed by atoms with Crippen LogP contribution in [0, 0.1) is 0 Å². The van der Waals surface area contributed by atoms with Crippen molar-refractivity contribution < 1.29 is 9.59 Å². The number of hydrogen-bond acceptors (Lipinski definition) is 3. The molecule has 1 aliphatic carbocycles. The predicted molar refractivity (Wildman–Crippen MR) is 106 cm³/mol. The van der Waals surface area contributed by atoms with Gasteiger partial charge < -0.3 is 16.0 Å². The van der Waals surface area contributed by atoms with Crippen LogP contribution in [0.1, 0.15) is 36.8 Å². The van der Waals surface area contributed by atoms with Crippen molar-refractivity contribution in [3.05, 3.63) is 71.8 Å². The second kappa shape index (κ2) is 9.33. The molecule has 0 saturated heterocycles. The van der Waals surface area contributed by atoms with E-state index >= 15 is 0 Å². The normalized spacial score (nSPS) is 19.4. The van der Waals surface area contributed by atoms with Crippen LogP contribution in [0.15, 0.2) is 60.7 Å². The largest absolute Gasteiger partial charge is 0.361 e. The highest BCUT2D eigenvalue weighted by Gasteiger charge is 2.31. The predicted octanol–water partition coefficient (Wildman–Crippen LogP) is 2.60. The minimum Gasteiger partial charge on any atom is -0.361 e. The zero-order valence-electron chi connectivity index (χ0n) is 15.5. The van der Waals surface area contributed by atoms with Gasteiger partial charge >= 0.3 is 11.8 Å². The summed E-state index contributed by atoms with van der Waals surface area (Å²) in [6.07, 6.45) is 3.83. The van der Waals surface area contributed by atoms with Crippen molar-refractivity contribution >= 4 is 11.8 Å². The SMILES string of the molecule is NC(=O)C(=O)N(Cc1ccccc1)[C@@H]1CCC[C@H](NCc2ccccc2)C1. The molecule has 0 unspecified atom stereocenters. The van der Waals surface area contributed by atoms with E-state index in [1.807, 2.05) is 48.5 Å². The average Bonchev–Trinajstić information content (AvgIpc) is 2.71. The first-order valence-electron chi connectivity index (χ1n) is 9.55. The Balaban J connectivity index is 1.66. The molecule has 2 aromatic rings. The Hall–Kier alpha value is -2.66. The molecule has 2 atom stereocenters. The van der Waals surface area contributed by atoms with Gasteiger partial charge in [-0.05, 0) is 36.8 Å². The zero-order chi connectivity index (χ0) is 19.1. The van der Waals surface area contributed by atoms with E-state index in [2.05, 4.69) is 17.4 Å². The molecule has 2 amide bonds. The number of carbonyl (C=O) groups is 2. The van der Waals surface area contributed by atoms with Crippen molar-refractivity contribution in [2.45, 2.75) is 50.9 Å². The first-order chi connectivity index (χ1) is 13.1. The molecule has 1 saturated carbocycles. The highest BCUT2D eigenvalue weighted by molar-refractivity contribution is 6.34. The van der Waals surface area contributed by atoms with Gasteiger partial charge in [0.1, 0.15) is 0 Å². The lowest BCUT2D eigenvalue weighted by Crippen LogP contribution is -2.50. The summed E-state index contributed by atoms with van der Waals surface area (Å²) in [5, 5.41) is 3.60. The van der Waals surface area contributed by atoms with E-state index in [9.17, 15) is 9.59 Å². The molecule has 0 bridgehead atoms. The molecule has 5 heteroatoms. The van der Waals surface area contributed by atoms with Gasteiger partial charge in [0.15, 0.2) is 0 Å². The van der Waals surface area contributed by atoms with Crippen LogP contribution in [0.5, 0.6) is 0 Å². The smallest absolute Gasteiger partial charge is 0.312 e. The van der Waals surface area contributed by atoms with E-state index in [0.717, 1.165) is 37.8 Å². The van der Waals surface area contributed by atoms with E-state index in [1.165, 1.54) is 5.56 Å². The van der Waals surface area contributed by atoms with Gasteiger partial charge in [-0.15, -0.1) is 0 Å². The molecule has 1 aliphatic rings. The number of nitrogens with one attached hydrogen (secondary N) is 1. The van der Waals surface area contributed by atoms with Crippen LogP contribution in [0.3, 0.4) is 0 Å². The monoisotopic (exact) mass is 365 g/mol. The van der Waals surface area contributed by atoms with E-state index in [1.54, 1.807) is 4.90 Å². The molecule has 5 nitrogen and oxygen atoms in total. The second-order valence-electron chi connectivity index (χ2n) is 7.17. The summed E-state index contributed by atoms with van der Waals surface area (Å²) in [5.41, 5.74) is 7.57. The summed E-state index contributed by atoms with van der Waals surface area (Å²) in [5.74, 6) is -1.47. The Labute approximate surface area is 160 Å². The van der Waals surface area contributed by atoms with E-state index < -0.39 is 11.8 Å². The van der Waals surface area contributed by atoms with Crippen molar-refractivity contribution in [1.82, 2.24) is 10.2 Å². The molecule has 2 aromatic carbocycles. The van der Waals surface area contributed by atoms with Crippen LogP contribution in [-0.4, -0.2) is 28.8 Å². The zero-order valence-corrected chi connectivity index (χ0v) is 15.5. The minimum absolute atomic E-state index is 0.0206. The quantitative estimate of drug-likeness (QED) is 0.773. The van der Waals surface area contributed by atoms with Crippen LogP contribution in [0.2, 0.25) is 0 Å². The van der Waals surface area contributed by atoms with Crippen LogP contribution < -0.4 is 11.1 Å². The van der Waals surface area contributed by atoms with Gasteiger partial charge in [-0.2, -0.15) is 0 Å². The third kappa shape index (κ3) is 5.41. The molecule has 27 heavy (non-hydrogen) atoms. The van der Waals surface area contributed by atoms with Crippen LogP contribution in [-0.2, 0) is 22.7 Å². The lowest BCUT2D eigenvalue weighted by atomic mass is 9.89. The molecule has 142 valence electrons. The maximum absolute atomic E-state index is 12.5. The first-order valence-corrected chi connectivity index (χ1v) is 9.55. The lowest BCUT2D eigenvalue weighted by molar-refractivity contribution is -0.146. The Bertz CT molecular complexity index is 749. The highest BCUT2D eigenvalue weighted by Crippen LogP contribution is 2.25. The third-order valence-corrected chi connectivity index (χ3v) is 5.19. The Morgan fingerprint density at radius 3 is 2.22 bits per heavy atom. The van der Waals surface area contributed by atoms with E-state index in [-0.39, 0.29) is 6.04 Å². The number of hydrogen-bond donors (Lipinski definition) is 2. The topological polar surface area (TPSA) is 75.4 Å². The van der Waals surface area contributed by atoms with Crippen molar-refractivity contribution in [2.75, 3.05) is 0 Å². The Morgan fingerprint density at radius 1 is 0.963 bits per heavy atom. The third-order valence-electron chi connectivity index (χ3n) is 5.19. The standard InChI is InChI=1S/C22H27N3O2/c23-21(26)22(27)25(16-18-10-5-2-6-11-18)20-13-7-12-19(14-20)24-15-17-8-3-1-4-9-17/h1-6,8-11,19-20,24H,7,12-16H2,(H2,23,26)/t19-,20+/m0/s1. The number of rotatable bonds is 6. The van der Waals surface area contributed by atoms with Gasteiger partial charge in [0.05, 0.1) is 0 Å². The number of nitrogens with zero attached hydrogens (tertiary/aromatic N) is 1. The van der Waals surface area contributed by atoms with Crippen molar-refractivity contribution in [3.8, 4) is 0 Å². The number of amides is 2. The summed E-state index contributed by atoms with van der Waals surface area (Å²) >= 11 is 0. The van der Waals surface area contributed by atoms with Gasteiger partial charge in [0, 0.05) is 25.2 Å². The lowest BCUT2D eigenvalue weighted by Gasteiger charge is -2.37. The molecular weight excluding hydrogens is 338 g/mol. The summed E-state index contributed by atoms with van der Waals surface area (Å²) in [7, 11) is 0. The van der Waals surface area contributed by atoms with Crippen molar-refractivity contribution in [3.63, 3.8) is 0 Å². The Kier molecular flexibility index (Phi) is 6.60. The van der Waals surface area contributed by atoms with Crippen LogP contribution >= 0.6 is 0 Å². The molecule has 3 rings (SSSR count). The van der Waals surface area contributed by atoms with E-state index in [0.29, 0.717) is 12.6 Å². The van der Waals surface area contributed by atoms with Gasteiger partial charge in [0.2, 0.25) is 0 Å². The van der Waals surface area contributed by atoms with Crippen LogP contribution in [0.4, 0.5) is 0 Å². The fourth-order valence-electron chi connectivity index (χ4n) is 3.78. The maximum atomic E-state index is 12.5. The van der Waals surface area contributed by atoms with Crippen molar-refractivity contribution in [2.24, 2.45) is 5.73 Å². The molecule has 0 heterocycles. The van der Waals surface area contributed by atoms with Gasteiger partial charge in [-0.3, -0.25) is 9.59 Å². The van der Waals surface area contributed by atoms with Gasteiger partial charge in [-0.1, -0.05) is 60.7 Å². The minimum atomic E-state index is -0.884. The number of nitrogens with two attached hydrogens (primary N) is 1. The second-order valence-corrected chi connectivity index (χ2v) is 7.17. The van der Waals surface area contributed by atoms with Gasteiger partial charge in [-0.25, -0.2) is 0 Å². The summed E-state index contributed by atoms with van der Waals surface area (Å²) in [4.78, 5) is 25.7. The molecular formula is C22H27N3O2. The number of carbonyl (C=O) groups excluding carboxylic acids is 2. The number of benzene rings is 2. The van der Waals surface area contributed by atoms with Crippen molar-refractivity contribution in [1.29, 1.82) is 0 Å². The number of primary amides is 1. The average molecular weight is 365 g/mol. The summed E-state index contributed by atoms with van der Waals surface area (Å²) < 4.78 is 0. The molecule has 0 radical (unpaired) electrons. The maximum Gasteiger partial charge on any atom is 0.312 e. The highest BCUT2D eigenvalue weighted by atomic mass is 16.2. The molecule has 3 N–H and O–H groups in total. The summed E-state index contributed by atoms with van der Waals surface area (Å²) in [6, 6.07) is 20.4. The molecule has 0 aliphatic heterocycles. The Morgan fingerprint density at radius 2 is 1.59 bits per heavy atom. The van der Waals surface area contributed by atoms with Gasteiger partial charge in [0.25, 0.3) is 0 Å². The first kappa shape index (κ1) is 19.1. The molecule has 1 fully saturated rings.